The molecule has 4 nitrogen and oxygen atoms in total. The Labute approximate surface area is 140 Å². The summed E-state index contributed by atoms with van der Waals surface area (Å²) in [6, 6.07) is 5.47. The highest BCUT2D eigenvalue weighted by atomic mass is 127. The number of guanidine groups is 1. The Bertz CT molecular complexity index is 396. The summed E-state index contributed by atoms with van der Waals surface area (Å²) in [5.41, 5.74) is 6.73. The fourth-order valence-corrected chi connectivity index (χ4v) is 1.97. The van der Waals surface area contributed by atoms with Crippen LogP contribution in [-0.4, -0.2) is 32.8 Å². The van der Waals surface area contributed by atoms with Crippen LogP contribution in [0.1, 0.15) is 5.56 Å². The summed E-state index contributed by atoms with van der Waals surface area (Å²) in [6.45, 7) is 1.80. The highest BCUT2D eigenvalue weighted by Crippen LogP contribution is 2.19. The third-order valence-corrected chi connectivity index (χ3v) is 2.66. The van der Waals surface area contributed by atoms with Crippen LogP contribution in [0.25, 0.3) is 0 Å². The van der Waals surface area contributed by atoms with E-state index in [2.05, 4.69) is 10.3 Å². The molecule has 0 unspecified atom stereocenters. The predicted octanol–water partition coefficient (Wildman–Crippen LogP) is 2.70. The quantitative estimate of drug-likeness (QED) is 0.324. The first-order valence-electron chi connectivity index (χ1n) is 5.59. The molecule has 0 bridgehead atoms. The normalized spacial score (nSPS) is 11.0. The van der Waals surface area contributed by atoms with Gasteiger partial charge in [0.1, 0.15) is 0 Å². The Hall–Kier alpha value is -0.240. The molecular weight excluding hydrogens is 400 g/mol. The van der Waals surface area contributed by atoms with E-state index in [1.54, 1.807) is 13.2 Å². The molecule has 0 heterocycles. The molecular formula is C12H18Cl2IN3O. The topological polar surface area (TPSA) is 59.6 Å². The van der Waals surface area contributed by atoms with Crippen molar-refractivity contribution < 1.29 is 4.74 Å². The number of ether oxygens (including phenoxy) is 1. The lowest BCUT2D eigenvalue weighted by Gasteiger charge is -2.06. The van der Waals surface area contributed by atoms with E-state index < -0.39 is 0 Å². The van der Waals surface area contributed by atoms with Crippen LogP contribution in [0, 0.1) is 0 Å². The largest absolute Gasteiger partial charge is 0.383 e. The van der Waals surface area contributed by atoms with Crippen molar-refractivity contribution in [3.63, 3.8) is 0 Å². The zero-order valence-corrected chi connectivity index (χ0v) is 14.5. The van der Waals surface area contributed by atoms with Crippen LogP contribution >= 0.6 is 47.2 Å². The van der Waals surface area contributed by atoms with Crippen molar-refractivity contribution in [2.75, 3.05) is 26.8 Å². The number of rotatable bonds is 6. The third kappa shape index (κ3) is 8.52. The molecule has 0 saturated carbocycles. The second-order valence-corrected chi connectivity index (χ2v) is 4.59. The lowest BCUT2D eigenvalue weighted by atomic mass is 10.1. The SMILES string of the molecule is COCCN=C(N)NCCc1cc(Cl)cc(Cl)c1.I. The van der Waals surface area contributed by atoms with E-state index in [0.29, 0.717) is 35.7 Å². The first-order chi connectivity index (χ1) is 8.61. The molecule has 1 aromatic rings. The van der Waals surface area contributed by atoms with Crippen molar-refractivity contribution in [3.05, 3.63) is 33.8 Å². The molecule has 0 aliphatic heterocycles. The molecule has 1 rings (SSSR count). The maximum absolute atomic E-state index is 5.91. The standard InChI is InChI=1S/C12H17Cl2N3O.HI/c1-18-5-4-17-12(15)16-3-2-9-6-10(13)8-11(14)7-9;/h6-8H,2-5H2,1H3,(H3,15,16,17);1H. The van der Waals surface area contributed by atoms with Crippen LogP contribution in [-0.2, 0) is 11.2 Å². The van der Waals surface area contributed by atoms with E-state index in [-0.39, 0.29) is 24.0 Å². The second-order valence-electron chi connectivity index (χ2n) is 3.71. The van der Waals surface area contributed by atoms with Gasteiger partial charge in [0.25, 0.3) is 0 Å². The Balaban J connectivity index is 0.00000324. The number of hydrogen-bond acceptors (Lipinski definition) is 2. The monoisotopic (exact) mass is 417 g/mol. The van der Waals surface area contributed by atoms with E-state index in [0.717, 1.165) is 12.0 Å². The predicted molar refractivity (Wildman–Crippen MR) is 91.9 cm³/mol. The molecule has 0 atom stereocenters. The summed E-state index contributed by atoms with van der Waals surface area (Å²) < 4.78 is 4.87. The molecule has 0 saturated heterocycles. The van der Waals surface area contributed by atoms with Gasteiger partial charge in [0.15, 0.2) is 5.96 Å². The van der Waals surface area contributed by atoms with E-state index in [1.165, 1.54) is 0 Å². The minimum absolute atomic E-state index is 0. The van der Waals surface area contributed by atoms with Crippen LogP contribution < -0.4 is 11.1 Å². The molecule has 108 valence electrons. The maximum Gasteiger partial charge on any atom is 0.188 e. The highest BCUT2D eigenvalue weighted by molar-refractivity contribution is 14.0. The van der Waals surface area contributed by atoms with E-state index in [4.69, 9.17) is 33.7 Å². The molecule has 0 fully saturated rings. The Morgan fingerprint density at radius 2 is 1.95 bits per heavy atom. The second kappa shape index (κ2) is 10.5. The summed E-state index contributed by atoms with van der Waals surface area (Å²) in [5, 5.41) is 4.29. The minimum atomic E-state index is 0. The van der Waals surface area contributed by atoms with Gasteiger partial charge in [-0.3, -0.25) is 4.99 Å². The number of nitrogens with one attached hydrogen (secondary N) is 1. The Morgan fingerprint density at radius 1 is 1.32 bits per heavy atom. The molecule has 1 aromatic carbocycles. The van der Waals surface area contributed by atoms with E-state index >= 15 is 0 Å². The number of hydrogen-bond donors (Lipinski definition) is 2. The number of aliphatic imine (C=N–C) groups is 1. The van der Waals surface area contributed by atoms with Crippen LogP contribution in [0.4, 0.5) is 0 Å². The molecule has 19 heavy (non-hydrogen) atoms. The van der Waals surface area contributed by atoms with Gasteiger partial charge in [-0.2, -0.15) is 0 Å². The molecule has 0 amide bonds. The smallest absolute Gasteiger partial charge is 0.188 e. The lowest BCUT2D eigenvalue weighted by Crippen LogP contribution is -2.33. The van der Waals surface area contributed by atoms with Gasteiger partial charge in [-0.25, -0.2) is 0 Å². The van der Waals surface area contributed by atoms with Gasteiger partial charge in [0, 0.05) is 23.7 Å². The maximum atomic E-state index is 5.91. The fourth-order valence-electron chi connectivity index (χ4n) is 1.40. The van der Waals surface area contributed by atoms with Crippen molar-refractivity contribution >= 4 is 53.1 Å². The summed E-state index contributed by atoms with van der Waals surface area (Å²) >= 11 is 11.8. The molecule has 0 aliphatic rings. The van der Waals surface area contributed by atoms with Crippen molar-refractivity contribution in [3.8, 4) is 0 Å². The summed E-state index contributed by atoms with van der Waals surface area (Å²) in [6.07, 6.45) is 0.779. The molecule has 0 aliphatic carbocycles. The Morgan fingerprint density at radius 3 is 2.53 bits per heavy atom. The van der Waals surface area contributed by atoms with Crippen LogP contribution in [0.2, 0.25) is 10.0 Å². The van der Waals surface area contributed by atoms with Crippen LogP contribution in [0.5, 0.6) is 0 Å². The Kier molecular flexibility index (Phi) is 10.4. The minimum Gasteiger partial charge on any atom is -0.383 e. The summed E-state index contributed by atoms with van der Waals surface area (Å²) in [4.78, 5) is 4.09. The average Bonchev–Trinajstić information content (AvgIpc) is 2.28. The number of halogens is 3. The third-order valence-electron chi connectivity index (χ3n) is 2.22. The number of methoxy groups -OCH3 is 1. The molecule has 0 spiro atoms. The van der Waals surface area contributed by atoms with Gasteiger partial charge in [0.05, 0.1) is 13.2 Å². The zero-order valence-electron chi connectivity index (χ0n) is 10.7. The van der Waals surface area contributed by atoms with Crippen LogP contribution in [0.3, 0.4) is 0 Å². The van der Waals surface area contributed by atoms with Gasteiger partial charge in [-0.05, 0) is 30.2 Å². The van der Waals surface area contributed by atoms with Gasteiger partial charge in [-0.15, -0.1) is 24.0 Å². The van der Waals surface area contributed by atoms with E-state index in [9.17, 15) is 0 Å². The zero-order chi connectivity index (χ0) is 13.4. The summed E-state index contributed by atoms with van der Waals surface area (Å²) in [7, 11) is 1.63. The fraction of sp³-hybridized carbons (Fsp3) is 0.417. The van der Waals surface area contributed by atoms with Gasteiger partial charge < -0.3 is 15.8 Å². The number of benzene rings is 1. The highest BCUT2D eigenvalue weighted by Gasteiger charge is 1.99. The lowest BCUT2D eigenvalue weighted by molar-refractivity contribution is 0.208. The first-order valence-corrected chi connectivity index (χ1v) is 6.35. The number of nitrogens with two attached hydrogens (primary N) is 1. The molecule has 7 heteroatoms. The average molecular weight is 418 g/mol. The summed E-state index contributed by atoms with van der Waals surface area (Å²) in [5.74, 6) is 0.417. The van der Waals surface area contributed by atoms with Gasteiger partial charge >= 0.3 is 0 Å². The van der Waals surface area contributed by atoms with Crippen molar-refractivity contribution in [1.82, 2.24) is 5.32 Å². The van der Waals surface area contributed by atoms with Gasteiger partial charge in [0.2, 0.25) is 0 Å². The molecule has 0 radical (unpaired) electrons. The van der Waals surface area contributed by atoms with Crippen molar-refractivity contribution in [1.29, 1.82) is 0 Å². The molecule has 0 aromatic heterocycles. The number of nitrogens with zero attached hydrogens (tertiary/aromatic N) is 1. The van der Waals surface area contributed by atoms with Gasteiger partial charge in [-0.1, -0.05) is 23.2 Å². The van der Waals surface area contributed by atoms with Crippen molar-refractivity contribution in [2.24, 2.45) is 10.7 Å². The first kappa shape index (κ1) is 18.8. The van der Waals surface area contributed by atoms with E-state index in [1.807, 2.05) is 12.1 Å². The van der Waals surface area contributed by atoms with Crippen molar-refractivity contribution in [2.45, 2.75) is 6.42 Å². The van der Waals surface area contributed by atoms with Crippen LogP contribution in [0.15, 0.2) is 23.2 Å². The molecule has 3 N–H and O–H groups in total.